The predicted octanol–water partition coefficient (Wildman–Crippen LogP) is 2.36. The van der Waals surface area contributed by atoms with Gasteiger partial charge in [0.05, 0.1) is 0 Å². The van der Waals surface area contributed by atoms with Gasteiger partial charge in [-0.2, -0.15) is 0 Å². The normalized spacial score (nSPS) is 20.1. The van der Waals surface area contributed by atoms with Crippen LogP contribution >= 0.6 is 0 Å². The van der Waals surface area contributed by atoms with E-state index in [-0.39, 0.29) is 0 Å². The quantitative estimate of drug-likeness (QED) is 0.883. The molecule has 1 fully saturated rings. The average Bonchev–Trinajstić information content (AvgIpc) is 2.47. The second-order valence-corrected chi connectivity index (χ2v) is 5.68. The number of nitrogens with one attached hydrogen (secondary N) is 1. The third kappa shape index (κ3) is 2.81. The molecule has 0 aliphatic carbocycles. The van der Waals surface area contributed by atoms with Crippen molar-refractivity contribution in [2.75, 3.05) is 24.5 Å². The fraction of sp³-hybridized carbons (Fsp3) is 0.562. The molecule has 0 spiro atoms. The van der Waals surface area contributed by atoms with Crippen LogP contribution in [0, 0.1) is 5.92 Å². The molecular formula is C16H22N2O. The van der Waals surface area contributed by atoms with Crippen LogP contribution in [0.25, 0.3) is 0 Å². The van der Waals surface area contributed by atoms with Crippen LogP contribution in [0.5, 0.6) is 0 Å². The molecule has 1 aromatic carbocycles. The lowest BCUT2D eigenvalue weighted by molar-refractivity contribution is -0.119. The third-order valence-corrected chi connectivity index (χ3v) is 4.33. The maximum atomic E-state index is 12.5. The van der Waals surface area contributed by atoms with Gasteiger partial charge in [0.15, 0.2) is 0 Å². The number of benzene rings is 1. The minimum absolute atomic E-state index is 0.319. The van der Waals surface area contributed by atoms with Crippen LogP contribution < -0.4 is 10.2 Å². The van der Waals surface area contributed by atoms with Gasteiger partial charge in [0.25, 0.3) is 0 Å². The highest BCUT2D eigenvalue weighted by atomic mass is 16.2. The number of fused-ring (bicyclic) bond motifs is 1. The largest absolute Gasteiger partial charge is 0.317 e. The Kier molecular flexibility index (Phi) is 3.83. The van der Waals surface area contributed by atoms with Crippen molar-refractivity contribution in [1.82, 2.24) is 5.32 Å². The highest BCUT2D eigenvalue weighted by molar-refractivity contribution is 5.94. The molecule has 2 heterocycles. The van der Waals surface area contributed by atoms with Crippen LogP contribution in [0.1, 0.15) is 31.2 Å². The third-order valence-electron chi connectivity index (χ3n) is 4.33. The van der Waals surface area contributed by atoms with E-state index in [0.29, 0.717) is 11.8 Å². The van der Waals surface area contributed by atoms with Gasteiger partial charge < -0.3 is 10.2 Å². The molecule has 1 N–H and O–H groups in total. The first-order valence-electron chi connectivity index (χ1n) is 7.43. The molecule has 1 amide bonds. The SMILES string of the molecule is O=C(CC1CCNCC1)N1CCCc2ccccc21. The Balaban J connectivity index is 1.70. The molecule has 0 radical (unpaired) electrons. The zero-order chi connectivity index (χ0) is 13.1. The van der Waals surface area contributed by atoms with Gasteiger partial charge in [-0.15, -0.1) is 0 Å². The monoisotopic (exact) mass is 258 g/mol. The summed E-state index contributed by atoms with van der Waals surface area (Å²) in [5, 5.41) is 3.36. The highest BCUT2D eigenvalue weighted by Gasteiger charge is 2.25. The number of rotatable bonds is 2. The van der Waals surface area contributed by atoms with Crippen LogP contribution in [0.4, 0.5) is 5.69 Å². The minimum Gasteiger partial charge on any atom is -0.317 e. The smallest absolute Gasteiger partial charge is 0.227 e. The molecular weight excluding hydrogens is 236 g/mol. The summed E-state index contributed by atoms with van der Waals surface area (Å²) in [7, 11) is 0. The summed E-state index contributed by atoms with van der Waals surface area (Å²) in [6, 6.07) is 8.35. The van der Waals surface area contributed by atoms with Crippen LogP contribution in [-0.4, -0.2) is 25.5 Å². The van der Waals surface area contributed by atoms with Crippen LogP contribution in [0.3, 0.4) is 0 Å². The van der Waals surface area contributed by atoms with E-state index in [1.54, 1.807) is 0 Å². The molecule has 2 aliphatic heterocycles. The van der Waals surface area contributed by atoms with Crippen molar-refractivity contribution in [3.8, 4) is 0 Å². The molecule has 3 heteroatoms. The van der Waals surface area contributed by atoms with E-state index in [9.17, 15) is 4.79 Å². The Morgan fingerprint density at radius 1 is 1.26 bits per heavy atom. The lowest BCUT2D eigenvalue weighted by Gasteiger charge is -2.31. The Hall–Kier alpha value is -1.35. The summed E-state index contributed by atoms with van der Waals surface area (Å²) in [5.41, 5.74) is 2.47. The summed E-state index contributed by atoms with van der Waals surface area (Å²) in [6.45, 7) is 3.02. The number of hydrogen-bond donors (Lipinski definition) is 1. The predicted molar refractivity (Wildman–Crippen MR) is 77.3 cm³/mol. The second-order valence-electron chi connectivity index (χ2n) is 5.68. The summed E-state index contributed by atoms with van der Waals surface area (Å²) in [5.74, 6) is 0.891. The van der Waals surface area contributed by atoms with Gasteiger partial charge in [-0.3, -0.25) is 4.79 Å². The van der Waals surface area contributed by atoms with Crippen LogP contribution in [0.2, 0.25) is 0 Å². The Morgan fingerprint density at radius 2 is 2.05 bits per heavy atom. The number of piperidine rings is 1. The Bertz CT molecular complexity index is 452. The van der Waals surface area contributed by atoms with Crippen LogP contribution in [0.15, 0.2) is 24.3 Å². The van der Waals surface area contributed by atoms with Gasteiger partial charge in [0.2, 0.25) is 5.91 Å². The zero-order valence-electron chi connectivity index (χ0n) is 11.4. The fourth-order valence-corrected chi connectivity index (χ4v) is 3.24. The van der Waals surface area contributed by atoms with Crippen molar-refractivity contribution >= 4 is 11.6 Å². The van der Waals surface area contributed by atoms with Gasteiger partial charge in [-0.05, 0) is 56.3 Å². The molecule has 3 rings (SSSR count). The van der Waals surface area contributed by atoms with Gasteiger partial charge in [0.1, 0.15) is 0 Å². The molecule has 0 bridgehead atoms. The molecule has 0 aromatic heterocycles. The van der Waals surface area contributed by atoms with E-state index in [4.69, 9.17) is 0 Å². The molecule has 1 saturated heterocycles. The van der Waals surface area contributed by atoms with E-state index in [0.717, 1.165) is 57.4 Å². The topological polar surface area (TPSA) is 32.3 Å². The number of nitrogens with zero attached hydrogens (tertiary/aromatic N) is 1. The fourth-order valence-electron chi connectivity index (χ4n) is 3.24. The van der Waals surface area contributed by atoms with E-state index in [1.807, 2.05) is 11.0 Å². The summed E-state index contributed by atoms with van der Waals surface area (Å²) < 4.78 is 0. The van der Waals surface area contributed by atoms with Crippen molar-refractivity contribution < 1.29 is 4.79 Å². The minimum atomic E-state index is 0.319. The van der Waals surface area contributed by atoms with Crippen molar-refractivity contribution in [2.45, 2.75) is 32.1 Å². The van der Waals surface area contributed by atoms with E-state index >= 15 is 0 Å². The van der Waals surface area contributed by atoms with Gasteiger partial charge in [0, 0.05) is 18.7 Å². The van der Waals surface area contributed by atoms with Gasteiger partial charge in [-0.25, -0.2) is 0 Å². The molecule has 0 unspecified atom stereocenters. The number of hydrogen-bond acceptors (Lipinski definition) is 2. The lowest BCUT2D eigenvalue weighted by Crippen LogP contribution is -2.38. The first-order valence-corrected chi connectivity index (χ1v) is 7.43. The molecule has 0 saturated carbocycles. The molecule has 1 aromatic rings. The average molecular weight is 258 g/mol. The number of para-hydroxylation sites is 1. The molecule has 2 aliphatic rings. The van der Waals surface area contributed by atoms with Crippen LogP contribution in [-0.2, 0) is 11.2 Å². The van der Waals surface area contributed by atoms with Gasteiger partial charge >= 0.3 is 0 Å². The van der Waals surface area contributed by atoms with Gasteiger partial charge in [-0.1, -0.05) is 18.2 Å². The Labute approximate surface area is 115 Å². The molecule has 102 valence electrons. The van der Waals surface area contributed by atoms with Crippen molar-refractivity contribution in [2.24, 2.45) is 5.92 Å². The second kappa shape index (κ2) is 5.74. The first-order chi connectivity index (χ1) is 9.34. The maximum Gasteiger partial charge on any atom is 0.227 e. The summed E-state index contributed by atoms with van der Waals surface area (Å²) in [6.07, 6.45) is 5.20. The van der Waals surface area contributed by atoms with Crippen molar-refractivity contribution in [3.63, 3.8) is 0 Å². The standard InChI is InChI=1S/C16H22N2O/c19-16(12-13-7-9-17-10-8-13)18-11-3-5-14-4-1-2-6-15(14)18/h1-2,4,6,13,17H,3,5,7-12H2. The van der Waals surface area contributed by atoms with E-state index in [1.165, 1.54) is 5.56 Å². The Morgan fingerprint density at radius 3 is 2.89 bits per heavy atom. The molecule has 3 nitrogen and oxygen atoms in total. The van der Waals surface area contributed by atoms with Crippen molar-refractivity contribution in [1.29, 1.82) is 0 Å². The summed E-state index contributed by atoms with van der Waals surface area (Å²) in [4.78, 5) is 14.5. The maximum absolute atomic E-state index is 12.5. The molecule has 19 heavy (non-hydrogen) atoms. The number of carbonyl (C=O) groups is 1. The first kappa shape index (κ1) is 12.7. The van der Waals surface area contributed by atoms with Crippen molar-refractivity contribution in [3.05, 3.63) is 29.8 Å². The number of carbonyl (C=O) groups excluding carboxylic acids is 1. The zero-order valence-corrected chi connectivity index (χ0v) is 11.4. The van der Waals surface area contributed by atoms with E-state index in [2.05, 4.69) is 23.5 Å². The number of anilines is 1. The number of amides is 1. The summed E-state index contributed by atoms with van der Waals surface area (Å²) >= 11 is 0. The number of aryl methyl sites for hydroxylation is 1. The lowest BCUT2D eigenvalue weighted by atomic mass is 9.93. The highest BCUT2D eigenvalue weighted by Crippen LogP contribution is 2.28. The molecule has 0 atom stereocenters. The van der Waals surface area contributed by atoms with E-state index < -0.39 is 0 Å².